The number of hydrogen-bond donors (Lipinski definition) is 1. The lowest BCUT2D eigenvalue weighted by Gasteiger charge is -2.33. The molecule has 7 nitrogen and oxygen atoms in total. The van der Waals surface area contributed by atoms with Crippen molar-refractivity contribution in [1.29, 1.82) is 0 Å². The molecule has 0 saturated heterocycles. The lowest BCUT2D eigenvalue weighted by atomic mass is 10.3. The number of rotatable bonds is 4. The smallest absolute Gasteiger partial charge is 0.321 e. The monoisotopic (exact) mass is 414 g/mol. The summed E-state index contributed by atoms with van der Waals surface area (Å²) >= 11 is 17.9. The standard InChI is InChI=1S/C13H13Cl3N2O5S/c1-2-23-12(20)7-17-5-9(19)6-18(24(17,21)22)13-10(15)3-8(14)4-11(13)16/h3-4,6,19H,2,5,7H2,1H3. The third-order valence-electron chi connectivity index (χ3n) is 2.99. The maximum atomic E-state index is 12.7. The number of ether oxygens (including phenoxy) is 1. The van der Waals surface area contributed by atoms with Crippen molar-refractivity contribution in [2.75, 3.05) is 24.0 Å². The summed E-state index contributed by atoms with van der Waals surface area (Å²) in [5, 5.41) is 10.0. The number of esters is 1. The highest BCUT2D eigenvalue weighted by Gasteiger charge is 2.37. The molecule has 0 radical (unpaired) electrons. The quantitative estimate of drug-likeness (QED) is 0.764. The van der Waals surface area contributed by atoms with Crippen LogP contribution in [0, 0.1) is 0 Å². The van der Waals surface area contributed by atoms with Crippen LogP contribution in [0.5, 0.6) is 0 Å². The zero-order chi connectivity index (χ0) is 18.1. The second-order valence-corrected chi connectivity index (χ2v) is 7.77. The summed E-state index contributed by atoms with van der Waals surface area (Å²) in [6.07, 6.45) is 0.970. The van der Waals surface area contributed by atoms with Crippen LogP contribution in [0.4, 0.5) is 5.69 Å². The number of hydrogen-bond acceptors (Lipinski definition) is 5. The molecule has 1 aromatic rings. The number of carbonyl (C=O) groups is 1. The van der Waals surface area contributed by atoms with Gasteiger partial charge in [0, 0.05) is 5.02 Å². The molecule has 1 aromatic carbocycles. The molecule has 0 amide bonds. The van der Waals surface area contributed by atoms with Crippen LogP contribution < -0.4 is 4.31 Å². The van der Waals surface area contributed by atoms with Crippen molar-refractivity contribution in [2.45, 2.75) is 6.92 Å². The van der Waals surface area contributed by atoms with Gasteiger partial charge in [0.25, 0.3) is 0 Å². The van der Waals surface area contributed by atoms with Gasteiger partial charge < -0.3 is 9.84 Å². The molecular formula is C13H13Cl3N2O5S. The van der Waals surface area contributed by atoms with Gasteiger partial charge in [0.15, 0.2) is 0 Å². The fourth-order valence-corrected chi connectivity index (χ4v) is 4.64. The lowest BCUT2D eigenvalue weighted by molar-refractivity contribution is -0.143. The van der Waals surface area contributed by atoms with Gasteiger partial charge in [-0.2, -0.15) is 12.7 Å². The zero-order valence-corrected chi connectivity index (χ0v) is 15.5. The van der Waals surface area contributed by atoms with Crippen LogP contribution in [-0.4, -0.2) is 43.5 Å². The first-order valence-corrected chi connectivity index (χ1v) is 9.19. The van der Waals surface area contributed by atoms with Crippen molar-refractivity contribution < 1.29 is 23.1 Å². The Morgan fingerprint density at radius 1 is 1.29 bits per heavy atom. The highest BCUT2D eigenvalue weighted by molar-refractivity contribution is 7.90. The number of anilines is 1. The summed E-state index contributed by atoms with van der Waals surface area (Å²) in [5.74, 6) is -1.04. The molecule has 1 N–H and O–H groups in total. The van der Waals surface area contributed by atoms with Crippen molar-refractivity contribution in [2.24, 2.45) is 0 Å². The van der Waals surface area contributed by atoms with Gasteiger partial charge in [-0.05, 0) is 19.1 Å². The van der Waals surface area contributed by atoms with E-state index in [1.165, 1.54) is 12.1 Å². The van der Waals surface area contributed by atoms with E-state index in [2.05, 4.69) is 0 Å². The summed E-state index contributed by atoms with van der Waals surface area (Å²) < 4.78 is 31.6. The van der Waals surface area contributed by atoms with E-state index in [0.717, 1.165) is 10.5 Å². The van der Waals surface area contributed by atoms with Crippen LogP contribution in [0.15, 0.2) is 24.1 Å². The van der Waals surface area contributed by atoms with Crippen LogP contribution in [0.25, 0.3) is 0 Å². The third kappa shape index (κ3) is 3.89. The van der Waals surface area contributed by atoms with E-state index in [-0.39, 0.29) is 39.7 Å². The minimum atomic E-state index is -4.20. The summed E-state index contributed by atoms with van der Waals surface area (Å²) in [4.78, 5) is 11.6. The van der Waals surface area contributed by atoms with Crippen molar-refractivity contribution >= 4 is 56.7 Å². The molecule has 0 saturated carbocycles. The summed E-state index contributed by atoms with van der Waals surface area (Å²) in [7, 11) is -4.20. The van der Waals surface area contributed by atoms with Crippen molar-refractivity contribution in [1.82, 2.24) is 4.31 Å². The second-order valence-electron chi connectivity index (χ2n) is 4.72. The van der Waals surface area contributed by atoms with Gasteiger partial charge >= 0.3 is 16.2 Å². The maximum absolute atomic E-state index is 12.7. The van der Waals surface area contributed by atoms with E-state index < -0.39 is 22.7 Å². The Morgan fingerprint density at radius 2 is 1.88 bits per heavy atom. The number of aliphatic hydroxyl groups excluding tert-OH is 1. The minimum Gasteiger partial charge on any atom is -0.509 e. The van der Waals surface area contributed by atoms with Crippen molar-refractivity contribution in [3.8, 4) is 0 Å². The maximum Gasteiger partial charge on any atom is 0.321 e. The topological polar surface area (TPSA) is 87.2 Å². The molecule has 2 rings (SSSR count). The average Bonchev–Trinajstić information content (AvgIpc) is 2.43. The van der Waals surface area contributed by atoms with Gasteiger partial charge in [0.1, 0.15) is 12.3 Å². The van der Waals surface area contributed by atoms with Gasteiger partial charge in [-0.3, -0.25) is 4.79 Å². The highest BCUT2D eigenvalue weighted by Crippen LogP contribution is 2.39. The molecule has 1 heterocycles. The normalized spacial score (nSPS) is 17.5. The van der Waals surface area contributed by atoms with E-state index in [9.17, 15) is 18.3 Å². The molecular weight excluding hydrogens is 403 g/mol. The first kappa shape index (κ1) is 19.1. The fraction of sp³-hybridized carbons (Fsp3) is 0.308. The third-order valence-corrected chi connectivity index (χ3v) is 5.48. The first-order valence-electron chi connectivity index (χ1n) is 6.66. The number of benzene rings is 1. The molecule has 1 aliphatic heterocycles. The Kier molecular flexibility index (Phi) is 5.87. The number of halogens is 3. The van der Waals surface area contributed by atoms with E-state index in [4.69, 9.17) is 39.5 Å². The van der Waals surface area contributed by atoms with E-state index in [1.54, 1.807) is 6.92 Å². The SMILES string of the molecule is CCOC(=O)CN1CC(O)=CN(c2c(Cl)cc(Cl)cc2Cl)S1(=O)=O. The summed E-state index contributed by atoms with van der Waals surface area (Å²) in [6, 6.07) is 2.63. The Labute approximate surface area is 154 Å². The predicted octanol–water partition coefficient (Wildman–Crippen LogP) is 2.98. The largest absolute Gasteiger partial charge is 0.509 e. The van der Waals surface area contributed by atoms with Crippen LogP contribution in [0.1, 0.15) is 6.92 Å². The Morgan fingerprint density at radius 3 is 2.42 bits per heavy atom. The first-order chi connectivity index (χ1) is 11.2. The molecule has 1 aliphatic rings. The zero-order valence-electron chi connectivity index (χ0n) is 12.4. The molecule has 0 atom stereocenters. The van der Waals surface area contributed by atoms with Gasteiger partial charge in [-0.1, -0.05) is 34.8 Å². The Bertz CT molecular complexity index is 774. The lowest BCUT2D eigenvalue weighted by Crippen LogP contribution is -2.48. The number of nitrogens with zero attached hydrogens (tertiary/aromatic N) is 2. The van der Waals surface area contributed by atoms with Gasteiger partial charge in [-0.25, -0.2) is 4.31 Å². The van der Waals surface area contributed by atoms with Crippen LogP contribution in [0.2, 0.25) is 15.1 Å². The van der Waals surface area contributed by atoms with Gasteiger partial charge in [0.05, 0.1) is 35.1 Å². The molecule has 0 unspecified atom stereocenters. The van der Waals surface area contributed by atoms with E-state index >= 15 is 0 Å². The minimum absolute atomic E-state index is 0.0295. The molecule has 0 aliphatic carbocycles. The number of carbonyl (C=O) groups excluding carboxylic acids is 1. The fourth-order valence-electron chi connectivity index (χ4n) is 2.04. The second kappa shape index (κ2) is 7.37. The van der Waals surface area contributed by atoms with E-state index in [0.29, 0.717) is 4.31 Å². The highest BCUT2D eigenvalue weighted by atomic mass is 35.5. The Hall–Kier alpha value is -1.19. The number of aliphatic hydroxyl groups is 1. The molecule has 132 valence electrons. The average molecular weight is 416 g/mol. The molecule has 0 spiro atoms. The Balaban J connectivity index is 2.47. The van der Waals surface area contributed by atoms with E-state index in [1.807, 2.05) is 0 Å². The molecule has 11 heteroatoms. The van der Waals surface area contributed by atoms with Crippen molar-refractivity contribution in [3.05, 3.63) is 39.2 Å². The summed E-state index contributed by atoms with van der Waals surface area (Å²) in [6.45, 7) is 0.764. The van der Waals surface area contributed by atoms with Gasteiger partial charge in [0.2, 0.25) is 0 Å². The molecule has 0 bridgehead atoms. The predicted molar refractivity (Wildman–Crippen MR) is 91.8 cm³/mol. The molecule has 24 heavy (non-hydrogen) atoms. The van der Waals surface area contributed by atoms with Crippen LogP contribution in [-0.2, 0) is 19.7 Å². The van der Waals surface area contributed by atoms with Crippen LogP contribution in [0.3, 0.4) is 0 Å². The molecule has 0 aromatic heterocycles. The van der Waals surface area contributed by atoms with Gasteiger partial charge in [-0.15, -0.1) is 0 Å². The van der Waals surface area contributed by atoms with Crippen molar-refractivity contribution in [3.63, 3.8) is 0 Å². The molecule has 0 fully saturated rings. The van der Waals surface area contributed by atoms with Crippen LogP contribution >= 0.6 is 34.8 Å². The summed E-state index contributed by atoms with van der Waals surface area (Å²) in [5.41, 5.74) is -0.0807.